The molecule has 0 aromatic heterocycles. The van der Waals surface area contributed by atoms with Gasteiger partial charge in [0, 0.05) is 12.7 Å². The van der Waals surface area contributed by atoms with Crippen molar-refractivity contribution in [3.05, 3.63) is 0 Å². The van der Waals surface area contributed by atoms with Crippen LogP contribution in [0.2, 0.25) is 0 Å². The molecule has 132 valence electrons. The first-order chi connectivity index (χ1) is 9.38. The van der Waals surface area contributed by atoms with Crippen molar-refractivity contribution < 1.29 is 33.8 Å². The van der Waals surface area contributed by atoms with Crippen LogP contribution in [0.5, 0.6) is 0 Å². The Hall–Kier alpha value is -1.03. The van der Waals surface area contributed by atoms with Crippen LogP contribution in [0.3, 0.4) is 0 Å². The molecular formula is C12H26ClN2O6S+. The molecule has 10 heteroatoms. The Balaban J connectivity index is -0.000000385. The molecule has 0 heterocycles. The summed E-state index contributed by atoms with van der Waals surface area (Å²) in [5.41, 5.74) is 4.94. The van der Waals surface area contributed by atoms with E-state index in [0.717, 1.165) is 0 Å². The van der Waals surface area contributed by atoms with Crippen molar-refractivity contribution in [2.75, 3.05) is 33.4 Å². The van der Waals surface area contributed by atoms with Gasteiger partial charge in [0.15, 0.2) is 6.10 Å². The molecule has 0 unspecified atom stereocenters. The topological polar surface area (TPSA) is 127 Å². The van der Waals surface area contributed by atoms with Crippen LogP contribution >= 0.6 is 25.0 Å². The first kappa shape index (κ1) is 25.9. The van der Waals surface area contributed by atoms with E-state index in [4.69, 9.17) is 20.7 Å². The number of hydrogen-bond donors (Lipinski definition) is 4. The second kappa shape index (κ2) is 12.5. The van der Waals surface area contributed by atoms with Gasteiger partial charge in [0.25, 0.3) is 0 Å². The summed E-state index contributed by atoms with van der Waals surface area (Å²) < 4.78 is 5.46. The van der Waals surface area contributed by atoms with E-state index in [1.165, 1.54) is 6.92 Å². The maximum absolute atomic E-state index is 10.7. The summed E-state index contributed by atoms with van der Waals surface area (Å²) in [4.78, 5) is 30.9. The molecule has 4 N–H and O–H groups in total. The number of nitrogens with zero attached hydrogens (tertiary/aromatic N) is 1. The molecule has 0 radical (unpaired) electrons. The quantitative estimate of drug-likeness (QED) is 0.282. The number of carboxylic acids is 2. The number of quaternary nitrogens is 1. The number of rotatable bonds is 7. The highest BCUT2D eigenvalue weighted by Gasteiger charge is 2.23. The predicted octanol–water partition coefficient (Wildman–Crippen LogP) is -0.151. The number of esters is 1. The van der Waals surface area contributed by atoms with E-state index >= 15 is 0 Å². The molecule has 0 spiro atoms. The number of ether oxygens (including phenoxy) is 1. The molecular weight excluding hydrogens is 336 g/mol. The summed E-state index contributed by atoms with van der Waals surface area (Å²) in [5.74, 6) is -2.21. The minimum absolute atomic E-state index is 0. The second-order valence-electron chi connectivity index (χ2n) is 5.43. The van der Waals surface area contributed by atoms with Crippen molar-refractivity contribution in [1.82, 2.24) is 0 Å². The highest BCUT2D eigenvalue weighted by molar-refractivity contribution is 7.80. The Bertz CT molecular complexity index is 346. The van der Waals surface area contributed by atoms with Gasteiger partial charge in [0.05, 0.1) is 27.6 Å². The molecule has 0 aliphatic heterocycles. The molecule has 0 saturated carbocycles. The summed E-state index contributed by atoms with van der Waals surface area (Å²) in [6.45, 7) is 1.77. The molecule has 0 aliphatic carbocycles. The normalized spacial score (nSPS) is 12.8. The van der Waals surface area contributed by atoms with Gasteiger partial charge in [-0.1, -0.05) is 0 Å². The van der Waals surface area contributed by atoms with Crippen molar-refractivity contribution in [2.24, 2.45) is 5.73 Å². The van der Waals surface area contributed by atoms with E-state index in [9.17, 15) is 14.4 Å². The third-order valence-electron chi connectivity index (χ3n) is 2.00. The van der Waals surface area contributed by atoms with Gasteiger partial charge < -0.3 is 25.2 Å². The lowest BCUT2D eigenvalue weighted by Crippen LogP contribution is -2.43. The van der Waals surface area contributed by atoms with Gasteiger partial charge in [0.2, 0.25) is 0 Å². The molecule has 22 heavy (non-hydrogen) atoms. The minimum Gasteiger partial charge on any atom is -0.481 e. The Morgan fingerprint density at radius 1 is 1.23 bits per heavy atom. The zero-order chi connectivity index (χ0) is 17.2. The molecule has 8 nitrogen and oxygen atoms in total. The number of likely N-dealkylation sites (N-methyl/N-ethyl adjacent to an activating group) is 1. The van der Waals surface area contributed by atoms with Gasteiger partial charge in [-0.3, -0.25) is 14.4 Å². The van der Waals surface area contributed by atoms with E-state index < -0.39 is 30.1 Å². The van der Waals surface area contributed by atoms with Crippen LogP contribution in [-0.4, -0.2) is 78.2 Å². The van der Waals surface area contributed by atoms with Gasteiger partial charge in [-0.2, -0.15) is 12.6 Å². The monoisotopic (exact) mass is 361 g/mol. The second-order valence-corrected chi connectivity index (χ2v) is 5.79. The van der Waals surface area contributed by atoms with Crippen LogP contribution in [0, 0.1) is 0 Å². The smallest absolute Gasteiger partial charge is 0.321 e. The Kier molecular flexibility index (Phi) is 14.7. The van der Waals surface area contributed by atoms with Crippen LogP contribution in [0.25, 0.3) is 0 Å². The molecule has 2 atom stereocenters. The van der Waals surface area contributed by atoms with E-state index in [0.29, 0.717) is 11.0 Å². The number of carboxylic acid groups (broad SMARTS) is 2. The van der Waals surface area contributed by atoms with Gasteiger partial charge >= 0.3 is 17.9 Å². The van der Waals surface area contributed by atoms with Crippen molar-refractivity contribution in [1.29, 1.82) is 0 Å². The van der Waals surface area contributed by atoms with Gasteiger partial charge in [-0.25, -0.2) is 0 Å². The fourth-order valence-electron chi connectivity index (χ4n) is 1.26. The molecule has 0 bridgehead atoms. The average molecular weight is 362 g/mol. The Morgan fingerprint density at radius 3 is 1.86 bits per heavy atom. The van der Waals surface area contributed by atoms with Crippen molar-refractivity contribution >= 4 is 42.9 Å². The third-order valence-corrected chi connectivity index (χ3v) is 2.39. The van der Waals surface area contributed by atoms with Crippen LogP contribution in [0.1, 0.15) is 13.3 Å². The molecule has 0 aromatic rings. The van der Waals surface area contributed by atoms with E-state index in [1.807, 2.05) is 21.1 Å². The summed E-state index contributed by atoms with van der Waals surface area (Å²) in [6.07, 6.45) is -0.695. The fraction of sp³-hybridized carbons (Fsp3) is 0.750. The number of carbonyl (C=O) groups excluding carboxylic acids is 1. The standard InChI is InChI=1S/C9H17NO4.C3H7NO2S.ClH/c1-7(11)14-8(5-9(12)13)6-10(2,3)4;4-2(1-7)3(5)6;/h8H,5-6H2,1-4H3;2,7H,1,4H2,(H,5,6);1H/p+1/t8-;2-;/m00./s1. The largest absolute Gasteiger partial charge is 0.481 e. The average Bonchev–Trinajstić information content (AvgIpc) is 2.24. The molecule has 0 aromatic carbocycles. The van der Waals surface area contributed by atoms with E-state index in [-0.39, 0.29) is 24.6 Å². The predicted molar refractivity (Wildman–Crippen MR) is 87.4 cm³/mol. The first-order valence-electron chi connectivity index (χ1n) is 6.17. The minimum atomic E-state index is -1.00. The van der Waals surface area contributed by atoms with Crippen molar-refractivity contribution in [3.63, 3.8) is 0 Å². The highest BCUT2D eigenvalue weighted by atomic mass is 35.5. The maximum Gasteiger partial charge on any atom is 0.321 e. The summed E-state index contributed by atoms with van der Waals surface area (Å²) in [6, 6.07) is -0.816. The zero-order valence-corrected chi connectivity index (χ0v) is 14.9. The zero-order valence-electron chi connectivity index (χ0n) is 13.2. The number of halogens is 1. The first-order valence-corrected chi connectivity index (χ1v) is 6.81. The molecule has 0 rings (SSSR count). The van der Waals surface area contributed by atoms with Crippen LogP contribution < -0.4 is 5.73 Å². The number of thiol groups is 1. The van der Waals surface area contributed by atoms with Gasteiger partial charge in [-0.15, -0.1) is 12.4 Å². The van der Waals surface area contributed by atoms with Crippen LogP contribution in [0.4, 0.5) is 0 Å². The van der Waals surface area contributed by atoms with E-state index in [1.54, 1.807) is 0 Å². The SMILES string of the molecule is CC(=O)O[C@@H](CC(=O)O)C[N+](C)(C)C.Cl.N[C@@H](CS)C(=O)O. The summed E-state index contributed by atoms with van der Waals surface area (Å²) in [5, 5.41) is 16.6. The summed E-state index contributed by atoms with van der Waals surface area (Å²) >= 11 is 3.65. The lowest BCUT2D eigenvalue weighted by Gasteiger charge is -2.28. The number of aliphatic carboxylic acids is 2. The van der Waals surface area contributed by atoms with Gasteiger partial charge in [-0.05, 0) is 0 Å². The lowest BCUT2D eigenvalue weighted by molar-refractivity contribution is -0.873. The summed E-state index contributed by atoms with van der Waals surface area (Å²) in [7, 11) is 5.75. The molecule has 0 fully saturated rings. The Labute approximate surface area is 142 Å². The third kappa shape index (κ3) is 19.0. The van der Waals surface area contributed by atoms with E-state index in [2.05, 4.69) is 12.6 Å². The highest BCUT2D eigenvalue weighted by Crippen LogP contribution is 2.04. The van der Waals surface area contributed by atoms with Crippen molar-refractivity contribution in [3.8, 4) is 0 Å². The number of nitrogens with two attached hydrogens (primary N) is 1. The van der Waals surface area contributed by atoms with Crippen molar-refractivity contribution in [2.45, 2.75) is 25.5 Å². The fourth-order valence-corrected chi connectivity index (χ4v) is 1.42. The van der Waals surface area contributed by atoms with Crippen LogP contribution in [-0.2, 0) is 19.1 Å². The molecule has 0 saturated heterocycles. The van der Waals surface area contributed by atoms with Crippen LogP contribution in [0.15, 0.2) is 0 Å². The maximum atomic E-state index is 10.7. The Morgan fingerprint density at radius 2 is 1.68 bits per heavy atom. The molecule has 0 aliphatic rings. The number of hydrogen-bond acceptors (Lipinski definition) is 6. The number of carbonyl (C=O) groups is 3. The van der Waals surface area contributed by atoms with Gasteiger partial charge in [0.1, 0.15) is 12.6 Å². The lowest BCUT2D eigenvalue weighted by atomic mass is 10.2. The molecule has 0 amide bonds.